The van der Waals surface area contributed by atoms with Crippen molar-refractivity contribution >= 4 is 34.1 Å². The fourth-order valence-corrected chi connectivity index (χ4v) is 4.79. The van der Waals surface area contributed by atoms with Crippen molar-refractivity contribution in [3.63, 3.8) is 0 Å². The van der Waals surface area contributed by atoms with Crippen molar-refractivity contribution < 1.29 is 23.5 Å². The summed E-state index contributed by atoms with van der Waals surface area (Å²) in [5.41, 5.74) is 1.61. The molecule has 1 aromatic heterocycles. The lowest BCUT2D eigenvalue weighted by atomic mass is 10.0. The van der Waals surface area contributed by atoms with Gasteiger partial charge in [-0.3, -0.25) is 14.4 Å². The number of fused-ring (bicyclic) bond motifs is 3. The molecule has 3 amide bonds. The molecule has 2 aromatic rings. The van der Waals surface area contributed by atoms with Crippen LogP contribution >= 0.6 is 11.3 Å². The number of amides is 3. The Balaban J connectivity index is 1.64. The highest BCUT2D eigenvalue weighted by atomic mass is 32.1. The molecule has 1 aromatic carbocycles. The fraction of sp³-hybridized carbons (Fsp3) is 0.316. The van der Waals surface area contributed by atoms with E-state index in [2.05, 4.69) is 5.32 Å². The molecule has 1 N–H and O–H groups in total. The summed E-state index contributed by atoms with van der Waals surface area (Å²) in [5.74, 6) is -1.01. The van der Waals surface area contributed by atoms with Gasteiger partial charge in [0.25, 0.3) is 11.8 Å². The van der Waals surface area contributed by atoms with E-state index in [1.807, 2.05) is 0 Å². The van der Waals surface area contributed by atoms with Gasteiger partial charge >= 0.3 is 0 Å². The zero-order valence-corrected chi connectivity index (χ0v) is 16.2. The lowest BCUT2D eigenvalue weighted by Crippen LogP contribution is -2.36. The number of anilines is 1. The summed E-state index contributed by atoms with van der Waals surface area (Å²) in [6.07, 6.45) is 0.495. The van der Waals surface area contributed by atoms with Crippen LogP contribution in [0.15, 0.2) is 18.2 Å². The predicted octanol–water partition coefficient (Wildman–Crippen LogP) is 2.12. The standard InChI is InChI=1S/C19H18FN3O4S/c1-22-9-15(24)21-17-16(19(22)26)13-3-4-23(8-14(13)28-17)18(25)10-5-11(20)7-12(6-10)27-2/h5-7H,3-4,8-9H2,1-2H3,(H,21,24). The summed E-state index contributed by atoms with van der Waals surface area (Å²) >= 11 is 1.32. The van der Waals surface area contributed by atoms with Crippen molar-refractivity contribution in [1.82, 2.24) is 9.80 Å². The second-order valence-electron chi connectivity index (χ2n) is 6.77. The average molecular weight is 403 g/mol. The minimum Gasteiger partial charge on any atom is -0.497 e. The zero-order chi connectivity index (χ0) is 20.0. The number of benzene rings is 1. The first kappa shape index (κ1) is 18.4. The van der Waals surface area contributed by atoms with Crippen LogP contribution in [0.1, 0.15) is 31.2 Å². The van der Waals surface area contributed by atoms with Crippen molar-refractivity contribution in [2.75, 3.05) is 32.6 Å². The Morgan fingerprint density at radius 3 is 2.79 bits per heavy atom. The number of rotatable bonds is 2. The van der Waals surface area contributed by atoms with Gasteiger partial charge in [-0.25, -0.2) is 4.39 Å². The van der Waals surface area contributed by atoms with Gasteiger partial charge in [-0.05, 0) is 24.1 Å². The summed E-state index contributed by atoms with van der Waals surface area (Å²) in [7, 11) is 3.01. The summed E-state index contributed by atoms with van der Waals surface area (Å²) in [4.78, 5) is 41.3. The molecule has 0 atom stereocenters. The van der Waals surface area contributed by atoms with Crippen molar-refractivity contribution in [3.05, 3.63) is 45.6 Å². The topological polar surface area (TPSA) is 79.0 Å². The highest BCUT2D eigenvalue weighted by molar-refractivity contribution is 7.17. The lowest BCUT2D eigenvalue weighted by molar-refractivity contribution is -0.116. The van der Waals surface area contributed by atoms with Gasteiger partial charge in [0.15, 0.2) is 0 Å². The Hall–Kier alpha value is -2.94. The number of likely N-dealkylation sites (N-methyl/N-ethyl adjacent to an activating group) is 1. The molecular formula is C19H18FN3O4S. The van der Waals surface area contributed by atoms with E-state index in [0.717, 1.165) is 10.4 Å². The van der Waals surface area contributed by atoms with Gasteiger partial charge in [0, 0.05) is 30.1 Å². The summed E-state index contributed by atoms with van der Waals surface area (Å²) in [5, 5.41) is 3.32. The molecule has 7 nitrogen and oxygen atoms in total. The maximum Gasteiger partial charge on any atom is 0.257 e. The maximum absolute atomic E-state index is 13.8. The molecule has 0 saturated carbocycles. The average Bonchev–Trinajstić information content (AvgIpc) is 2.97. The Kier molecular flexibility index (Phi) is 4.54. The molecule has 2 aliphatic rings. The molecule has 0 spiro atoms. The Morgan fingerprint density at radius 2 is 2.04 bits per heavy atom. The number of carbonyl (C=O) groups excluding carboxylic acids is 3. The van der Waals surface area contributed by atoms with E-state index in [9.17, 15) is 18.8 Å². The van der Waals surface area contributed by atoms with Crippen LogP contribution in [0.5, 0.6) is 5.75 Å². The van der Waals surface area contributed by atoms with Gasteiger partial charge in [-0.15, -0.1) is 11.3 Å². The van der Waals surface area contributed by atoms with Crippen LogP contribution in [-0.2, 0) is 17.8 Å². The second kappa shape index (κ2) is 6.90. The van der Waals surface area contributed by atoms with Crippen LogP contribution in [0.4, 0.5) is 9.39 Å². The quantitative estimate of drug-likeness (QED) is 0.833. The summed E-state index contributed by atoms with van der Waals surface area (Å²) in [6, 6.07) is 3.90. The first-order valence-corrected chi connectivity index (χ1v) is 9.52. The Bertz CT molecular complexity index is 1000. The number of carbonyl (C=O) groups is 3. The summed E-state index contributed by atoms with van der Waals surface area (Å²) < 4.78 is 18.8. The molecule has 3 heterocycles. The Morgan fingerprint density at radius 1 is 1.25 bits per heavy atom. The SMILES string of the molecule is COc1cc(F)cc(C(=O)N2CCc3c(sc4c3C(=O)N(C)CC(=O)N4)C2)c1. The van der Waals surface area contributed by atoms with Gasteiger partial charge in [0.1, 0.15) is 16.6 Å². The molecule has 0 fully saturated rings. The van der Waals surface area contributed by atoms with E-state index >= 15 is 0 Å². The van der Waals surface area contributed by atoms with Crippen LogP contribution < -0.4 is 10.1 Å². The summed E-state index contributed by atoms with van der Waals surface area (Å²) in [6.45, 7) is 0.720. The van der Waals surface area contributed by atoms with E-state index in [-0.39, 0.29) is 35.6 Å². The molecule has 9 heteroatoms. The van der Waals surface area contributed by atoms with Crippen LogP contribution in [-0.4, -0.2) is 54.8 Å². The van der Waals surface area contributed by atoms with Crippen LogP contribution in [0.25, 0.3) is 0 Å². The first-order valence-electron chi connectivity index (χ1n) is 8.71. The predicted molar refractivity (Wildman–Crippen MR) is 101 cm³/mol. The minimum atomic E-state index is -0.542. The monoisotopic (exact) mass is 403 g/mol. The van der Waals surface area contributed by atoms with Gasteiger partial charge in [-0.1, -0.05) is 0 Å². The molecule has 2 aliphatic heterocycles. The van der Waals surface area contributed by atoms with E-state index in [0.29, 0.717) is 30.1 Å². The molecule has 0 aliphatic carbocycles. The van der Waals surface area contributed by atoms with E-state index in [4.69, 9.17) is 4.74 Å². The molecule has 4 rings (SSSR count). The van der Waals surface area contributed by atoms with E-state index in [1.54, 1.807) is 11.9 Å². The van der Waals surface area contributed by atoms with Crippen molar-refractivity contribution in [2.45, 2.75) is 13.0 Å². The molecular weight excluding hydrogens is 385 g/mol. The lowest BCUT2D eigenvalue weighted by Gasteiger charge is -2.27. The van der Waals surface area contributed by atoms with E-state index in [1.165, 1.54) is 41.5 Å². The van der Waals surface area contributed by atoms with Gasteiger partial charge in [-0.2, -0.15) is 0 Å². The van der Waals surface area contributed by atoms with Crippen molar-refractivity contribution in [1.29, 1.82) is 0 Å². The third-order valence-corrected chi connectivity index (χ3v) is 6.02. The van der Waals surface area contributed by atoms with Gasteiger partial charge in [0.2, 0.25) is 5.91 Å². The van der Waals surface area contributed by atoms with Crippen LogP contribution in [0, 0.1) is 5.82 Å². The normalized spacial score (nSPS) is 16.2. The minimum absolute atomic E-state index is 0.0149. The molecule has 0 bridgehead atoms. The third-order valence-electron chi connectivity index (χ3n) is 4.89. The maximum atomic E-state index is 13.8. The smallest absolute Gasteiger partial charge is 0.257 e. The Labute approximate surface area is 164 Å². The molecule has 0 unspecified atom stereocenters. The largest absolute Gasteiger partial charge is 0.497 e. The van der Waals surface area contributed by atoms with Gasteiger partial charge < -0.3 is 19.9 Å². The number of nitrogens with zero attached hydrogens (tertiary/aromatic N) is 2. The molecule has 28 heavy (non-hydrogen) atoms. The molecule has 0 radical (unpaired) electrons. The number of hydrogen-bond donors (Lipinski definition) is 1. The zero-order valence-electron chi connectivity index (χ0n) is 15.4. The number of methoxy groups -OCH3 is 1. The van der Waals surface area contributed by atoms with Crippen LogP contribution in [0.3, 0.4) is 0 Å². The van der Waals surface area contributed by atoms with Crippen molar-refractivity contribution in [3.8, 4) is 5.75 Å². The third kappa shape index (κ3) is 3.11. The molecule has 146 valence electrons. The number of thiophene rings is 1. The van der Waals surface area contributed by atoms with Crippen LogP contribution in [0.2, 0.25) is 0 Å². The highest BCUT2D eigenvalue weighted by Gasteiger charge is 2.34. The van der Waals surface area contributed by atoms with Gasteiger partial charge in [0.05, 0.1) is 25.8 Å². The number of hydrogen-bond acceptors (Lipinski definition) is 5. The molecule has 0 saturated heterocycles. The number of ether oxygens (including phenoxy) is 1. The second-order valence-corrected chi connectivity index (χ2v) is 7.88. The van der Waals surface area contributed by atoms with Crippen molar-refractivity contribution in [2.24, 2.45) is 0 Å². The number of halogens is 1. The number of nitrogens with one attached hydrogen (secondary N) is 1. The van der Waals surface area contributed by atoms with E-state index < -0.39 is 5.82 Å². The highest BCUT2D eigenvalue weighted by Crippen LogP contribution is 2.39. The fourth-order valence-electron chi connectivity index (χ4n) is 3.52. The first-order chi connectivity index (χ1) is 13.4.